The van der Waals surface area contributed by atoms with Gasteiger partial charge in [0.15, 0.2) is 0 Å². The van der Waals surface area contributed by atoms with E-state index < -0.39 is 0 Å². The van der Waals surface area contributed by atoms with Crippen LogP contribution in [0.1, 0.15) is 0 Å². The molecule has 0 bridgehead atoms. The first kappa shape index (κ1) is 19.2. The molecule has 134 valence electrons. The molecule has 0 amide bonds. The second kappa shape index (κ2) is 8.11. The van der Waals surface area contributed by atoms with Crippen LogP contribution < -0.4 is 0 Å². The van der Waals surface area contributed by atoms with E-state index in [0.717, 1.165) is 37.5 Å². The molecule has 0 unspecified atom stereocenters. The van der Waals surface area contributed by atoms with Gasteiger partial charge in [-0.25, -0.2) is 4.98 Å². The second-order valence-corrected chi connectivity index (χ2v) is 9.26. The van der Waals surface area contributed by atoms with E-state index in [1.165, 1.54) is 3.57 Å². The predicted octanol–water partition coefficient (Wildman–Crippen LogP) is 7.93. The number of aromatic amines is 1. The van der Waals surface area contributed by atoms with E-state index >= 15 is 0 Å². The molecule has 0 spiro atoms. The van der Waals surface area contributed by atoms with Crippen molar-refractivity contribution >= 4 is 68.4 Å². The summed E-state index contributed by atoms with van der Waals surface area (Å²) in [5, 5.41) is 1.04. The Hall–Kier alpha value is -1.09. The fourth-order valence-corrected chi connectivity index (χ4v) is 4.24. The number of hydrogen-bond donors (Lipinski definition) is 1. The van der Waals surface area contributed by atoms with Crippen molar-refractivity contribution in [3.8, 4) is 33.9 Å². The largest absolute Gasteiger partial charge is 0.337 e. The Balaban J connectivity index is 1.93. The third-order valence-electron chi connectivity index (χ3n) is 4.11. The molecule has 2 nitrogen and oxygen atoms in total. The van der Waals surface area contributed by atoms with Crippen LogP contribution in [0.15, 0.2) is 66.7 Å². The van der Waals surface area contributed by atoms with Gasteiger partial charge in [0.1, 0.15) is 5.82 Å². The average Bonchev–Trinajstić information content (AvgIpc) is 3.09. The van der Waals surface area contributed by atoms with Crippen LogP contribution in [0, 0.1) is 7.14 Å². The van der Waals surface area contributed by atoms with Crippen LogP contribution in [0.2, 0.25) is 10.0 Å². The van der Waals surface area contributed by atoms with E-state index in [4.69, 9.17) is 28.2 Å². The first-order valence-corrected chi connectivity index (χ1v) is 11.0. The van der Waals surface area contributed by atoms with Crippen LogP contribution in [-0.4, -0.2) is 9.97 Å². The lowest BCUT2D eigenvalue weighted by Gasteiger charge is -2.04. The standard InChI is InChI=1S/C21H12Cl2I2N2/c22-17-8-7-14(11-18(17)23)21-26-19(12-3-1-5-15(24)9-12)20(27-21)13-4-2-6-16(25)10-13/h1-11H,(H,26,27). The van der Waals surface area contributed by atoms with Gasteiger partial charge in [-0.15, -0.1) is 0 Å². The third kappa shape index (κ3) is 4.18. The van der Waals surface area contributed by atoms with E-state index in [1.807, 2.05) is 18.2 Å². The summed E-state index contributed by atoms with van der Waals surface area (Å²) < 4.78 is 2.34. The molecule has 0 fully saturated rings. The highest BCUT2D eigenvalue weighted by atomic mass is 127. The Morgan fingerprint density at radius 2 is 1.37 bits per heavy atom. The van der Waals surface area contributed by atoms with Crippen LogP contribution >= 0.6 is 68.4 Å². The third-order valence-corrected chi connectivity index (χ3v) is 6.19. The highest BCUT2D eigenvalue weighted by Gasteiger charge is 2.16. The molecule has 27 heavy (non-hydrogen) atoms. The van der Waals surface area contributed by atoms with Crippen molar-refractivity contribution in [2.45, 2.75) is 0 Å². The summed E-state index contributed by atoms with van der Waals surface area (Å²) in [4.78, 5) is 8.39. The fraction of sp³-hybridized carbons (Fsp3) is 0. The van der Waals surface area contributed by atoms with E-state index in [1.54, 1.807) is 6.07 Å². The number of imidazole rings is 1. The number of rotatable bonds is 3. The summed E-state index contributed by atoms with van der Waals surface area (Å²) in [6, 6.07) is 22.2. The van der Waals surface area contributed by atoms with E-state index in [0.29, 0.717) is 10.0 Å². The van der Waals surface area contributed by atoms with Crippen molar-refractivity contribution in [2.24, 2.45) is 0 Å². The normalized spacial score (nSPS) is 11.0. The number of nitrogens with one attached hydrogen (secondary N) is 1. The van der Waals surface area contributed by atoms with Gasteiger partial charge >= 0.3 is 0 Å². The van der Waals surface area contributed by atoms with Gasteiger partial charge in [-0.2, -0.15) is 0 Å². The lowest BCUT2D eigenvalue weighted by molar-refractivity contribution is 1.31. The molecule has 0 radical (unpaired) electrons. The fourth-order valence-electron chi connectivity index (χ4n) is 2.85. The molecule has 1 heterocycles. The maximum absolute atomic E-state index is 6.21. The minimum atomic E-state index is 0.511. The van der Waals surface area contributed by atoms with Crippen molar-refractivity contribution in [3.05, 3.63) is 83.9 Å². The maximum Gasteiger partial charge on any atom is 0.138 e. The predicted molar refractivity (Wildman–Crippen MR) is 130 cm³/mol. The first-order valence-electron chi connectivity index (χ1n) is 8.08. The number of nitrogens with zero attached hydrogens (tertiary/aromatic N) is 1. The molecule has 0 atom stereocenters. The summed E-state index contributed by atoms with van der Waals surface area (Å²) >= 11 is 16.9. The minimum Gasteiger partial charge on any atom is -0.337 e. The smallest absolute Gasteiger partial charge is 0.138 e. The minimum absolute atomic E-state index is 0.511. The Bertz CT molecular complexity index is 1080. The van der Waals surface area contributed by atoms with Gasteiger partial charge in [-0.05, 0) is 87.6 Å². The monoisotopic (exact) mass is 616 g/mol. The number of aromatic nitrogens is 2. The van der Waals surface area contributed by atoms with Gasteiger partial charge < -0.3 is 4.98 Å². The summed E-state index contributed by atoms with van der Waals surface area (Å²) in [6.07, 6.45) is 0. The van der Waals surface area contributed by atoms with Gasteiger partial charge in [0, 0.05) is 23.8 Å². The van der Waals surface area contributed by atoms with E-state index in [-0.39, 0.29) is 0 Å². The van der Waals surface area contributed by atoms with Gasteiger partial charge in [0.25, 0.3) is 0 Å². The molecular weight excluding hydrogens is 605 g/mol. The van der Waals surface area contributed by atoms with Crippen LogP contribution in [0.5, 0.6) is 0 Å². The van der Waals surface area contributed by atoms with Gasteiger partial charge in [-0.1, -0.05) is 47.5 Å². The Kier molecular flexibility index (Phi) is 5.78. The SMILES string of the molecule is Clc1ccc(-c2nc(-c3cccc(I)c3)c(-c3cccc(I)c3)[nH]2)cc1Cl. The summed E-state index contributed by atoms with van der Waals surface area (Å²) in [6.45, 7) is 0. The Morgan fingerprint density at radius 3 is 2.04 bits per heavy atom. The van der Waals surface area contributed by atoms with Crippen molar-refractivity contribution in [1.29, 1.82) is 0 Å². The zero-order valence-corrected chi connectivity index (χ0v) is 19.6. The zero-order chi connectivity index (χ0) is 19.0. The molecule has 6 heteroatoms. The number of H-pyrrole nitrogens is 1. The van der Waals surface area contributed by atoms with Crippen molar-refractivity contribution in [1.82, 2.24) is 9.97 Å². The van der Waals surface area contributed by atoms with Crippen molar-refractivity contribution < 1.29 is 0 Å². The zero-order valence-electron chi connectivity index (χ0n) is 13.8. The molecule has 1 aromatic heterocycles. The average molecular weight is 617 g/mol. The highest BCUT2D eigenvalue weighted by Crippen LogP contribution is 2.35. The number of hydrogen-bond acceptors (Lipinski definition) is 1. The number of halogens is 4. The molecule has 0 aliphatic heterocycles. The first-order chi connectivity index (χ1) is 13.0. The quantitative estimate of drug-likeness (QED) is 0.233. The van der Waals surface area contributed by atoms with Gasteiger partial charge in [-0.3, -0.25) is 0 Å². The molecule has 0 aliphatic rings. The second-order valence-electron chi connectivity index (χ2n) is 5.96. The molecule has 0 saturated carbocycles. The van der Waals surface area contributed by atoms with Crippen LogP contribution in [0.25, 0.3) is 33.9 Å². The molecule has 4 rings (SSSR count). The molecular formula is C21H12Cl2I2N2. The van der Waals surface area contributed by atoms with Crippen molar-refractivity contribution in [3.63, 3.8) is 0 Å². The van der Waals surface area contributed by atoms with Gasteiger partial charge in [0.2, 0.25) is 0 Å². The Labute approximate surface area is 194 Å². The molecule has 4 aromatic rings. The molecule has 0 saturated heterocycles. The molecule has 1 N–H and O–H groups in total. The van der Waals surface area contributed by atoms with E-state index in [2.05, 4.69) is 92.6 Å². The van der Waals surface area contributed by atoms with Crippen LogP contribution in [0.4, 0.5) is 0 Å². The summed E-state index contributed by atoms with van der Waals surface area (Å²) in [5.74, 6) is 0.760. The van der Waals surface area contributed by atoms with Crippen LogP contribution in [0.3, 0.4) is 0 Å². The summed E-state index contributed by atoms with van der Waals surface area (Å²) in [7, 11) is 0. The lowest BCUT2D eigenvalue weighted by Crippen LogP contribution is -1.85. The Morgan fingerprint density at radius 1 is 0.704 bits per heavy atom. The number of benzene rings is 3. The van der Waals surface area contributed by atoms with E-state index in [9.17, 15) is 0 Å². The topological polar surface area (TPSA) is 28.7 Å². The maximum atomic E-state index is 6.21. The van der Waals surface area contributed by atoms with Crippen LogP contribution in [-0.2, 0) is 0 Å². The lowest BCUT2D eigenvalue weighted by atomic mass is 10.1. The van der Waals surface area contributed by atoms with Gasteiger partial charge in [0.05, 0.1) is 21.4 Å². The molecule has 3 aromatic carbocycles. The molecule has 0 aliphatic carbocycles. The summed E-state index contributed by atoms with van der Waals surface area (Å²) in [5.41, 5.74) is 4.95. The van der Waals surface area contributed by atoms with Crippen molar-refractivity contribution in [2.75, 3.05) is 0 Å². The highest BCUT2D eigenvalue weighted by molar-refractivity contribution is 14.1.